The number of hydrogen-bond donors (Lipinski definition) is 1. The molecule has 0 bridgehead atoms. The number of ether oxygens (including phenoxy) is 2. The number of nitrogens with zero attached hydrogens (tertiary/aromatic N) is 1. The number of rotatable bonds is 10. The first-order chi connectivity index (χ1) is 16.0. The summed E-state index contributed by atoms with van der Waals surface area (Å²) in [5.74, 6) is 0.266. The van der Waals surface area contributed by atoms with Gasteiger partial charge in [-0.3, -0.25) is 9.59 Å². The van der Waals surface area contributed by atoms with E-state index in [0.717, 1.165) is 11.3 Å². The summed E-state index contributed by atoms with van der Waals surface area (Å²) in [5.41, 5.74) is 1.61. The minimum absolute atomic E-state index is 0.147. The van der Waals surface area contributed by atoms with E-state index in [-0.39, 0.29) is 30.8 Å². The summed E-state index contributed by atoms with van der Waals surface area (Å²) in [5, 5.41) is 2.87. The zero-order chi connectivity index (χ0) is 23.6. The molecule has 0 saturated carbocycles. The maximum absolute atomic E-state index is 13.3. The summed E-state index contributed by atoms with van der Waals surface area (Å²) < 4.78 is 24.0. The lowest BCUT2D eigenvalue weighted by Gasteiger charge is -2.28. The van der Waals surface area contributed by atoms with Crippen molar-refractivity contribution in [3.8, 4) is 11.5 Å². The summed E-state index contributed by atoms with van der Waals surface area (Å²) in [6, 6.07) is 21.4. The van der Waals surface area contributed by atoms with E-state index < -0.39 is 6.04 Å². The maximum Gasteiger partial charge on any atom is 0.261 e. The SMILES string of the molecule is COc1ccc(CNC(=O)[C@@H](C)N(Cc2ccc(F)cc2)C(=O)COc2ccccc2)cc1. The van der Waals surface area contributed by atoms with Crippen molar-refractivity contribution in [2.24, 2.45) is 0 Å². The number of carbonyl (C=O) groups is 2. The molecular weight excluding hydrogens is 423 g/mol. The highest BCUT2D eigenvalue weighted by Gasteiger charge is 2.26. The molecule has 1 atom stereocenters. The number of hydrogen-bond acceptors (Lipinski definition) is 4. The van der Waals surface area contributed by atoms with Crippen LogP contribution in [0.25, 0.3) is 0 Å². The van der Waals surface area contributed by atoms with Crippen molar-refractivity contribution in [1.29, 1.82) is 0 Å². The normalized spacial score (nSPS) is 11.4. The fourth-order valence-electron chi connectivity index (χ4n) is 3.19. The van der Waals surface area contributed by atoms with Gasteiger partial charge in [0.05, 0.1) is 7.11 Å². The van der Waals surface area contributed by atoms with Crippen LogP contribution in [0.5, 0.6) is 11.5 Å². The van der Waals surface area contributed by atoms with E-state index in [4.69, 9.17) is 9.47 Å². The second kappa shape index (κ2) is 11.7. The lowest BCUT2D eigenvalue weighted by Crippen LogP contribution is -2.48. The summed E-state index contributed by atoms with van der Waals surface area (Å²) in [6.07, 6.45) is 0. The highest BCUT2D eigenvalue weighted by molar-refractivity contribution is 5.87. The largest absolute Gasteiger partial charge is 0.497 e. The lowest BCUT2D eigenvalue weighted by atomic mass is 10.1. The Morgan fingerprint density at radius 2 is 1.55 bits per heavy atom. The maximum atomic E-state index is 13.3. The molecule has 0 aliphatic carbocycles. The molecule has 0 fully saturated rings. The Balaban J connectivity index is 1.67. The number of carbonyl (C=O) groups excluding carboxylic acids is 2. The number of para-hydroxylation sites is 1. The third kappa shape index (κ3) is 7.07. The predicted octanol–water partition coefficient (Wildman–Crippen LogP) is 3.95. The van der Waals surface area contributed by atoms with Gasteiger partial charge in [0.15, 0.2) is 6.61 Å². The number of methoxy groups -OCH3 is 1. The Hall–Kier alpha value is -3.87. The van der Waals surface area contributed by atoms with E-state index in [0.29, 0.717) is 17.9 Å². The van der Waals surface area contributed by atoms with Crippen molar-refractivity contribution in [2.75, 3.05) is 13.7 Å². The Morgan fingerprint density at radius 3 is 2.18 bits per heavy atom. The monoisotopic (exact) mass is 450 g/mol. The smallest absolute Gasteiger partial charge is 0.261 e. The van der Waals surface area contributed by atoms with Crippen molar-refractivity contribution >= 4 is 11.8 Å². The molecule has 0 spiro atoms. The van der Waals surface area contributed by atoms with Crippen molar-refractivity contribution in [3.05, 3.63) is 95.8 Å². The summed E-state index contributed by atoms with van der Waals surface area (Å²) in [7, 11) is 1.59. The van der Waals surface area contributed by atoms with Crippen molar-refractivity contribution in [1.82, 2.24) is 10.2 Å². The van der Waals surface area contributed by atoms with Crippen LogP contribution in [0, 0.1) is 5.82 Å². The molecule has 172 valence electrons. The van der Waals surface area contributed by atoms with Crippen LogP contribution >= 0.6 is 0 Å². The molecule has 0 aliphatic heterocycles. The number of nitrogens with one attached hydrogen (secondary N) is 1. The van der Waals surface area contributed by atoms with Crippen molar-refractivity contribution in [3.63, 3.8) is 0 Å². The van der Waals surface area contributed by atoms with E-state index in [1.54, 1.807) is 38.3 Å². The van der Waals surface area contributed by atoms with Crippen LogP contribution in [0.4, 0.5) is 4.39 Å². The number of benzene rings is 3. The topological polar surface area (TPSA) is 67.9 Å². The first-order valence-electron chi connectivity index (χ1n) is 10.6. The van der Waals surface area contributed by atoms with E-state index in [9.17, 15) is 14.0 Å². The zero-order valence-corrected chi connectivity index (χ0v) is 18.7. The molecule has 7 heteroatoms. The molecule has 2 amide bonds. The number of halogens is 1. The fourth-order valence-corrected chi connectivity index (χ4v) is 3.19. The average molecular weight is 451 g/mol. The first kappa shape index (κ1) is 23.8. The minimum atomic E-state index is -0.764. The van der Waals surface area contributed by atoms with E-state index in [2.05, 4.69) is 5.32 Å². The van der Waals surface area contributed by atoms with E-state index in [1.165, 1.54) is 17.0 Å². The standard InChI is InChI=1S/C26H27FN2O4/c1-19(26(31)28-16-20-10-14-23(32-2)15-11-20)29(17-21-8-12-22(27)13-9-21)25(30)18-33-24-6-4-3-5-7-24/h3-15,19H,16-18H2,1-2H3,(H,28,31)/t19-/m1/s1. The van der Waals surface area contributed by atoms with Crippen LogP contribution in [-0.4, -0.2) is 36.5 Å². The Morgan fingerprint density at radius 1 is 0.909 bits per heavy atom. The molecule has 0 heterocycles. The van der Waals surface area contributed by atoms with Crippen LogP contribution in [-0.2, 0) is 22.7 Å². The van der Waals surface area contributed by atoms with Gasteiger partial charge in [0.2, 0.25) is 5.91 Å². The van der Waals surface area contributed by atoms with Crippen LogP contribution < -0.4 is 14.8 Å². The fraction of sp³-hybridized carbons (Fsp3) is 0.231. The van der Waals surface area contributed by atoms with Gasteiger partial charge in [-0.25, -0.2) is 4.39 Å². The minimum Gasteiger partial charge on any atom is -0.497 e. The Kier molecular flexibility index (Phi) is 8.41. The zero-order valence-electron chi connectivity index (χ0n) is 18.7. The molecule has 3 aromatic rings. The van der Waals surface area contributed by atoms with Gasteiger partial charge in [0.25, 0.3) is 5.91 Å². The average Bonchev–Trinajstić information content (AvgIpc) is 2.86. The quantitative estimate of drug-likeness (QED) is 0.508. The predicted molar refractivity (Wildman–Crippen MR) is 123 cm³/mol. The van der Waals surface area contributed by atoms with E-state index >= 15 is 0 Å². The van der Waals surface area contributed by atoms with Crippen LogP contribution in [0.3, 0.4) is 0 Å². The van der Waals surface area contributed by atoms with Crippen molar-refractivity contribution in [2.45, 2.75) is 26.1 Å². The molecule has 33 heavy (non-hydrogen) atoms. The second-order valence-corrected chi connectivity index (χ2v) is 7.49. The van der Waals surface area contributed by atoms with Gasteiger partial charge in [-0.1, -0.05) is 42.5 Å². The second-order valence-electron chi connectivity index (χ2n) is 7.49. The molecule has 3 rings (SSSR count). The third-order valence-electron chi connectivity index (χ3n) is 5.16. The molecule has 1 N–H and O–H groups in total. The van der Waals surface area contributed by atoms with Gasteiger partial charge in [-0.15, -0.1) is 0 Å². The van der Waals surface area contributed by atoms with E-state index in [1.807, 2.05) is 42.5 Å². The summed E-state index contributed by atoms with van der Waals surface area (Å²) >= 11 is 0. The Bertz CT molecular complexity index is 1040. The third-order valence-corrected chi connectivity index (χ3v) is 5.16. The first-order valence-corrected chi connectivity index (χ1v) is 10.6. The van der Waals surface area contributed by atoms with Gasteiger partial charge >= 0.3 is 0 Å². The summed E-state index contributed by atoms with van der Waals surface area (Å²) in [6.45, 7) is 1.90. The van der Waals surface area contributed by atoms with Gasteiger partial charge in [-0.05, 0) is 54.4 Å². The van der Waals surface area contributed by atoms with Crippen LogP contribution in [0.1, 0.15) is 18.1 Å². The highest BCUT2D eigenvalue weighted by Crippen LogP contribution is 2.14. The molecule has 0 unspecified atom stereocenters. The van der Waals surface area contributed by atoms with Crippen LogP contribution in [0.2, 0.25) is 0 Å². The van der Waals surface area contributed by atoms with Gasteiger partial charge in [0, 0.05) is 13.1 Å². The molecule has 3 aromatic carbocycles. The molecule has 0 saturated heterocycles. The molecular formula is C26H27FN2O4. The molecule has 0 aliphatic rings. The van der Waals surface area contributed by atoms with Gasteiger partial charge < -0.3 is 19.7 Å². The molecule has 0 radical (unpaired) electrons. The van der Waals surface area contributed by atoms with Gasteiger partial charge in [-0.2, -0.15) is 0 Å². The highest BCUT2D eigenvalue weighted by atomic mass is 19.1. The number of amides is 2. The van der Waals surface area contributed by atoms with Crippen molar-refractivity contribution < 1.29 is 23.5 Å². The molecule has 0 aromatic heterocycles. The molecule has 6 nitrogen and oxygen atoms in total. The van der Waals surface area contributed by atoms with Crippen LogP contribution in [0.15, 0.2) is 78.9 Å². The summed E-state index contributed by atoms with van der Waals surface area (Å²) in [4.78, 5) is 27.3. The Labute approximate surface area is 192 Å². The lowest BCUT2D eigenvalue weighted by molar-refractivity contribution is -0.142. The van der Waals surface area contributed by atoms with Gasteiger partial charge in [0.1, 0.15) is 23.4 Å².